The van der Waals surface area contributed by atoms with Gasteiger partial charge in [0.25, 0.3) is 0 Å². The lowest BCUT2D eigenvalue weighted by Crippen LogP contribution is -2.01. The second kappa shape index (κ2) is 11.9. The lowest BCUT2D eigenvalue weighted by molar-refractivity contribution is 1.07. The van der Waals surface area contributed by atoms with Gasteiger partial charge < -0.3 is 0 Å². The van der Waals surface area contributed by atoms with Crippen molar-refractivity contribution in [1.82, 2.24) is 24.5 Å². The van der Waals surface area contributed by atoms with Crippen LogP contribution in [0.4, 0.5) is 0 Å². The number of rotatable bonds is 5. The van der Waals surface area contributed by atoms with Crippen molar-refractivity contribution in [2.45, 2.75) is 0 Å². The van der Waals surface area contributed by atoms with Gasteiger partial charge in [-0.3, -0.25) is 4.57 Å². The molecule has 0 aliphatic heterocycles. The van der Waals surface area contributed by atoms with Crippen LogP contribution in [0.1, 0.15) is 0 Å². The Bertz CT molecular complexity index is 2880. The number of hydrogen-bond donors (Lipinski definition) is 0. The smallest absolute Gasteiger partial charge is 0.164 e. The average molecular weight is 652 g/mol. The van der Waals surface area contributed by atoms with Crippen molar-refractivity contribution in [3.05, 3.63) is 176 Å². The first-order valence-corrected chi connectivity index (χ1v) is 17.1. The fraction of sp³-hybridized carbons (Fsp3) is 0. The first kappa shape index (κ1) is 29.0. The molecule has 10 aromatic rings. The zero-order valence-electron chi connectivity index (χ0n) is 27.5. The predicted octanol–water partition coefficient (Wildman–Crippen LogP) is 11.3. The van der Waals surface area contributed by atoms with Crippen molar-refractivity contribution in [2.24, 2.45) is 0 Å². The van der Waals surface area contributed by atoms with Gasteiger partial charge >= 0.3 is 0 Å². The molecule has 0 spiro atoms. The molecule has 238 valence electrons. The van der Waals surface area contributed by atoms with E-state index in [9.17, 15) is 0 Å². The highest BCUT2D eigenvalue weighted by atomic mass is 15.1. The molecule has 10 rings (SSSR count). The second-order valence-electron chi connectivity index (χ2n) is 12.7. The minimum Gasteiger partial charge on any atom is -0.292 e. The molecule has 0 unspecified atom stereocenters. The molecule has 0 aliphatic rings. The molecule has 2 aromatic heterocycles. The molecule has 0 N–H and O–H groups in total. The largest absolute Gasteiger partial charge is 0.292 e. The van der Waals surface area contributed by atoms with Crippen LogP contribution in [0.5, 0.6) is 0 Å². The topological polar surface area (TPSA) is 56.5 Å². The standard InChI is InChI=1S/C46H29N5/c1-3-14-30(15-4-1)43-48-44(31-16-13-17-33(28-31)46-47-41-24-11-12-25-42(41)51(46)34-18-5-2-6-19-34)50-45(49-43)32-26-27-39-37-22-8-7-20-35(37)36-21-9-10-23-38(36)40(39)29-32/h1-29H. The van der Waals surface area contributed by atoms with E-state index in [0.717, 1.165) is 44.8 Å². The Balaban J connectivity index is 1.17. The molecule has 0 saturated heterocycles. The van der Waals surface area contributed by atoms with E-state index in [-0.39, 0.29) is 0 Å². The number of nitrogens with zero attached hydrogens (tertiary/aromatic N) is 5. The van der Waals surface area contributed by atoms with Crippen molar-refractivity contribution >= 4 is 43.4 Å². The third kappa shape index (κ3) is 4.94. The van der Waals surface area contributed by atoms with Crippen molar-refractivity contribution in [3.8, 4) is 51.2 Å². The first-order chi connectivity index (χ1) is 25.3. The first-order valence-electron chi connectivity index (χ1n) is 17.1. The van der Waals surface area contributed by atoms with Gasteiger partial charge in [0.15, 0.2) is 17.5 Å². The summed E-state index contributed by atoms with van der Waals surface area (Å²) < 4.78 is 2.21. The molecule has 5 heteroatoms. The van der Waals surface area contributed by atoms with E-state index in [0.29, 0.717) is 17.5 Å². The number of benzene rings is 8. The number of imidazole rings is 1. The zero-order valence-corrected chi connectivity index (χ0v) is 27.5. The maximum atomic E-state index is 5.16. The Kier molecular flexibility index (Phi) is 6.74. The van der Waals surface area contributed by atoms with Crippen molar-refractivity contribution < 1.29 is 0 Å². The molecule has 51 heavy (non-hydrogen) atoms. The molecule has 8 aromatic carbocycles. The van der Waals surface area contributed by atoms with Crippen LogP contribution in [-0.2, 0) is 0 Å². The Morgan fingerprint density at radius 1 is 0.314 bits per heavy atom. The molecule has 5 nitrogen and oxygen atoms in total. The summed E-state index contributed by atoms with van der Waals surface area (Å²) in [5.74, 6) is 2.71. The van der Waals surface area contributed by atoms with Gasteiger partial charge in [-0.25, -0.2) is 19.9 Å². The third-order valence-corrected chi connectivity index (χ3v) is 9.62. The summed E-state index contributed by atoms with van der Waals surface area (Å²) in [7, 11) is 0. The third-order valence-electron chi connectivity index (χ3n) is 9.62. The number of fused-ring (bicyclic) bond motifs is 7. The Hall–Kier alpha value is -6.98. The van der Waals surface area contributed by atoms with Gasteiger partial charge in [-0.1, -0.05) is 140 Å². The number of para-hydroxylation sites is 3. The Morgan fingerprint density at radius 3 is 1.49 bits per heavy atom. The molecule has 0 bridgehead atoms. The average Bonchev–Trinajstić information content (AvgIpc) is 3.61. The molecule has 0 radical (unpaired) electrons. The van der Waals surface area contributed by atoms with Crippen molar-refractivity contribution in [2.75, 3.05) is 0 Å². The van der Waals surface area contributed by atoms with Gasteiger partial charge in [0.1, 0.15) is 5.82 Å². The van der Waals surface area contributed by atoms with Crippen LogP contribution in [0.15, 0.2) is 176 Å². The monoisotopic (exact) mass is 651 g/mol. The molecule has 0 atom stereocenters. The summed E-state index contributed by atoms with van der Waals surface area (Å²) in [5, 5.41) is 7.31. The van der Waals surface area contributed by atoms with Gasteiger partial charge in [0.05, 0.1) is 11.0 Å². The fourth-order valence-corrected chi connectivity index (χ4v) is 7.25. The molecular formula is C46H29N5. The van der Waals surface area contributed by atoms with E-state index < -0.39 is 0 Å². The highest BCUT2D eigenvalue weighted by Crippen LogP contribution is 2.37. The summed E-state index contributed by atoms with van der Waals surface area (Å²) in [5.41, 5.74) is 6.77. The van der Waals surface area contributed by atoms with Crippen LogP contribution < -0.4 is 0 Å². The van der Waals surface area contributed by atoms with E-state index in [1.54, 1.807) is 0 Å². The number of aromatic nitrogens is 5. The predicted molar refractivity (Wildman–Crippen MR) is 209 cm³/mol. The van der Waals surface area contributed by atoms with E-state index >= 15 is 0 Å². The van der Waals surface area contributed by atoms with Crippen LogP contribution in [-0.4, -0.2) is 24.5 Å². The van der Waals surface area contributed by atoms with E-state index in [1.807, 2.05) is 42.5 Å². The van der Waals surface area contributed by atoms with Gasteiger partial charge in [0, 0.05) is 27.9 Å². The highest BCUT2D eigenvalue weighted by molar-refractivity contribution is 6.25. The van der Waals surface area contributed by atoms with Crippen LogP contribution in [0.25, 0.3) is 94.6 Å². The minimum atomic E-state index is 0.603. The normalized spacial score (nSPS) is 11.5. The van der Waals surface area contributed by atoms with Gasteiger partial charge in [0.2, 0.25) is 0 Å². The van der Waals surface area contributed by atoms with Gasteiger partial charge in [-0.15, -0.1) is 0 Å². The second-order valence-corrected chi connectivity index (χ2v) is 12.7. The minimum absolute atomic E-state index is 0.603. The zero-order chi connectivity index (χ0) is 33.7. The van der Waals surface area contributed by atoms with E-state index in [1.165, 1.54) is 32.3 Å². The molecular weight excluding hydrogens is 623 g/mol. The Labute approximate surface area is 294 Å². The van der Waals surface area contributed by atoms with Crippen LogP contribution in [0.3, 0.4) is 0 Å². The quantitative estimate of drug-likeness (QED) is 0.174. The summed E-state index contributed by atoms with van der Waals surface area (Å²) in [6.07, 6.45) is 0. The summed E-state index contributed by atoms with van der Waals surface area (Å²) in [6.45, 7) is 0. The molecule has 0 amide bonds. The van der Waals surface area contributed by atoms with E-state index in [2.05, 4.69) is 138 Å². The maximum Gasteiger partial charge on any atom is 0.164 e. The maximum absolute atomic E-state index is 5.16. The fourth-order valence-electron chi connectivity index (χ4n) is 7.25. The number of hydrogen-bond acceptors (Lipinski definition) is 4. The molecule has 2 heterocycles. The van der Waals surface area contributed by atoms with Crippen molar-refractivity contribution in [3.63, 3.8) is 0 Å². The highest BCUT2D eigenvalue weighted by Gasteiger charge is 2.18. The SMILES string of the molecule is c1ccc(-c2nc(-c3cccc(-c4nc5ccccc5n4-c4ccccc4)c3)nc(-c3ccc4c5ccccc5c5ccccc5c4c3)n2)cc1. The van der Waals surface area contributed by atoms with Crippen LogP contribution >= 0.6 is 0 Å². The summed E-state index contributed by atoms with van der Waals surface area (Å²) >= 11 is 0. The van der Waals surface area contributed by atoms with Gasteiger partial charge in [-0.05, 0) is 68.7 Å². The summed E-state index contributed by atoms with van der Waals surface area (Å²) in [4.78, 5) is 20.4. The summed E-state index contributed by atoms with van der Waals surface area (Å²) in [6, 6.07) is 60.9. The lowest BCUT2D eigenvalue weighted by Gasteiger charge is -2.13. The van der Waals surface area contributed by atoms with Crippen LogP contribution in [0.2, 0.25) is 0 Å². The van der Waals surface area contributed by atoms with Crippen molar-refractivity contribution in [1.29, 1.82) is 0 Å². The lowest BCUT2D eigenvalue weighted by atomic mass is 9.93. The van der Waals surface area contributed by atoms with Crippen LogP contribution in [0, 0.1) is 0 Å². The molecule has 0 fully saturated rings. The molecule has 0 saturated carbocycles. The Morgan fingerprint density at radius 2 is 0.804 bits per heavy atom. The van der Waals surface area contributed by atoms with E-state index in [4.69, 9.17) is 19.9 Å². The molecule has 0 aliphatic carbocycles. The van der Waals surface area contributed by atoms with Gasteiger partial charge in [-0.2, -0.15) is 0 Å².